The number of ether oxygens (including phenoxy) is 5. The maximum atomic E-state index is 15.5. The first kappa shape index (κ1) is 45.6. The van der Waals surface area contributed by atoms with Gasteiger partial charge in [-0.2, -0.15) is 0 Å². The van der Waals surface area contributed by atoms with Gasteiger partial charge in [-0.15, -0.1) is 0 Å². The van der Waals surface area contributed by atoms with E-state index in [-0.39, 0.29) is 35.3 Å². The lowest BCUT2D eigenvalue weighted by atomic mass is 9.44. The summed E-state index contributed by atoms with van der Waals surface area (Å²) in [5.74, 6) is -6.95. The van der Waals surface area contributed by atoms with Crippen molar-refractivity contribution in [2.45, 2.75) is 108 Å². The molecule has 7 rings (SSSR count). The largest absolute Gasteiger partial charge is 0.456 e. The van der Waals surface area contributed by atoms with Crippen molar-refractivity contribution >= 4 is 47.2 Å². The number of hydrogen-bond donors (Lipinski definition) is 4. The van der Waals surface area contributed by atoms with Crippen molar-refractivity contribution in [1.82, 2.24) is 5.32 Å². The van der Waals surface area contributed by atoms with E-state index in [0.717, 1.165) is 13.8 Å². The van der Waals surface area contributed by atoms with Crippen LogP contribution in [0.25, 0.3) is 0 Å². The fourth-order valence-electron chi connectivity index (χ4n) is 10.2. The molecule has 1 amide bonds. The average molecular weight is 888 g/mol. The predicted molar refractivity (Wildman–Crippen MR) is 223 cm³/mol. The first-order valence-electron chi connectivity index (χ1n) is 20.6. The molecule has 15 nitrogen and oxygen atoms in total. The molecule has 1 saturated heterocycles. The zero-order valence-electron chi connectivity index (χ0n) is 35.5. The number of aliphatic hydroxyl groups is 3. The van der Waals surface area contributed by atoms with Crippen LogP contribution in [0.4, 0.5) is 0 Å². The van der Waals surface area contributed by atoms with Crippen LogP contribution in [-0.2, 0) is 42.9 Å². The van der Waals surface area contributed by atoms with Gasteiger partial charge in [-0.25, -0.2) is 9.59 Å². The van der Waals surface area contributed by atoms with Crippen LogP contribution in [0.5, 0.6) is 0 Å². The molecule has 1 heterocycles. The zero-order chi connectivity index (χ0) is 45.8. The summed E-state index contributed by atoms with van der Waals surface area (Å²) in [6.45, 7) is 7.93. The van der Waals surface area contributed by atoms with Gasteiger partial charge in [0, 0.05) is 42.7 Å². The molecule has 2 bridgehead atoms. The van der Waals surface area contributed by atoms with Crippen LogP contribution < -0.4 is 5.32 Å². The first-order valence-corrected chi connectivity index (χ1v) is 21.0. The van der Waals surface area contributed by atoms with E-state index in [0.29, 0.717) is 10.6 Å². The number of amides is 1. The summed E-state index contributed by atoms with van der Waals surface area (Å²) in [6, 6.07) is 20.6. The molecule has 4 N–H and O–H groups in total. The van der Waals surface area contributed by atoms with Gasteiger partial charge in [0.1, 0.15) is 23.9 Å². The van der Waals surface area contributed by atoms with Crippen molar-refractivity contribution in [3.8, 4) is 0 Å². The van der Waals surface area contributed by atoms with Crippen molar-refractivity contribution in [2.75, 3.05) is 6.61 Å². The molecular weight excluding hydrogens is 838 g/mol. The van der Waals surface area contributed by atoms with Crippen LogP contribution in [0.3, 0.4) is 0 Å². The summed E-state index contributed by atoms with van der Waals surface area (Å²) >= 11 is 6.03. The van der Waals surface area contributed by atoms with E-state index in [1.165, 1.54) is 50.2 Å². The molecule has 16 heteroatoms. The number of aliphatic hydroxyl groups excluding tert-OH is 2. The second-order valence-electron chi connectivity index (χ2n) is 17.5. The Morgan fingerprint density at radius 3 is 2.05 bits per heavy atom. The van der Waals surface area contributed by atoms with Gasteiger partial charge in [-0.1, -0.05) is 74.0 Å². The van der Waals surface area contributed by atoms with E-state index in [2.05, 4.69) is 5.32 Å². The summed E-state index contributed by atoms with van der Waals surface area (Å²) in [7, 11) is 0. The van der Waals surface area contributed by atoms with E-state index in [1.54, 1.807) is 62.4 Å². The van der Waals surface area contributed by atoms with Crippen molar-refractivity contribution in [1.29, 1.82) is 0 Å². The molecule has 3 aliphatic carbocycles. The van der Waals surface area contributed by atoms with E-state index in [9.17, 15) is 39.3 Å². The molecule has 2 saturated carbocycles. The third-order valence-corrected chi connectivity index (χ3v) is 13.8. The van der Waals surface area contributed by atoms with E-state index < -0.39 is 113 Å². The molecule has 334 valence electrons. The number of halogens is 1. The Kier molecular flexibility index (Phi) is 12.2. The maximum Gasteiger partial charge on any atom is 0.338 e. The Labute approximate surface area is 368 Å². The fourth-order valence-corrected chi connectivity index (χ4v) is 10.3. The highest BCUT2D eigenvalue weighted by atomic mass is 35.5. The second-order valence-corrected chi connectivity index (χ2v) is 17.9. The minimum Gasteiger partial charge on any atom is -0.456 e. The number of ketones is 1. The van der Waals surface area contributed by atoms with Crippen LogP contribution in [0.2, 0.25) is 5.02 Å². The van der Waals surface area contributed by atoms with Gasteiger partial charge in [0.15, 0.2) is 23.6 Å². The topological polar surface area (TPSA) is 221 Å². The molecule has 63 heavy (non-hydrogen) atoms. The summed E-state index contributed by atoms with van der Waals surface area (Å²) in [5.41, 5.74) is -7.19. The molecule has 3 fully saturated rings. The van der Waals surface area contributed by atoms with Gasteiger partial charge in [-0.05, 0) is 67.0 Å². The van der Waals surface area contributed by atoms with E-state index in [4.69, 9.17) is 35.3 Å². The number of rotatable bonds is 10. The third kappa shape index (κ3) is 7.73. The number of carbonyl (C=O) groups is 6. The monoisotopic (exact) mass is 887 g/mol. The fraction of sp³-hybridized carbons (Fsp3) is 0.447. The Morgan fingerprint density at radius 2 is 1.48 bits per heavy atom. The van der Waals surface area contributed by atoms with Crippen molar-refractivity contribution in [3.05, 3.63) is 118 Å². The summed E-state index contributed by atoms with van der Waals surface area (Å²) in [5, 5.41) is 40.6. The Bertz CT molecular complexity index is 2340. The normalized spacial score (nSPS) is 31.6. The van der Waals surface area contributed by atoms with Gasteiger partial charge in [-0.3, -0.25) is 19.2 Å². The highest BCUT2D eigenvalue weighted by molar-refractivity contribution is 6.30. The molecule has 1 aliphatic heterocycles. The first-order chi connectivity index (χ1) is 29.7. The number of fused-ring (bicyclic) bond motifs is 5. The quantitative estimate of drug-likeness (QED) is 0.126. The van der Waals surface area contributed by atoms with Crippen LogP contribution in [0.15, 0.2) is 96.1 Å². The molecule has 3 aromatic carbocycles. The van der Waals surface area contributed by atoms with Crippen molar-refractivity contribution < 1.29 is 67.8 Å². The summed E-state index contributed by atoms with van der Waals surface area (Å²) in [6.07, 6.45) is -10.6. The molecule has 4 aliphatic rings. The number of hydrogen-bond acceptors (Lipinski definition) is 14. The zero-order valence-corrected chi connectivity index (χ0v) is 36.3. The Morgan fingerprint density at radius 1 is 0.857 bits per heavy atom. The Hall–Kier alpha value is -5.45. The van der Waals surface area contributed by atoms with Gasteiger partial charge < -0.3 is 44.3 Å². The Balaban J connectivity index is 1.38. The summed E-state index contributed by atoms with van der Waals surface area (Å²) in [4.78, 5) is 83.6. The smallest absolute Gasteiger partial charge is 0.338 e. The van der Waals surface area contributed by atoms with Crippen LogP contribution in [0, 0.1) is 16.7 Å². The van der Waals surface area contributed by atoms with Crippen molar-refractivity contribution in [3.63, 3.8) is 0 Å². The molecular formula is C47H50ClNO14. The van der Waals surface area contributed by atoms with Gasteiger partial charge in [0.05, 0.1) is 35.6 Å². The van der Waals surface area contributed by atoms with Crippen LogP contribution >= 0.6 is 11.6 Å². The molecule has 3 aromatic rings. The molecule has 1 unspecified atom stereocenters. The SMILES string of the molecule is CC(=O)O[C@H]1C(=O)[C@]2(C)[C@@H](O)CC3OC[C@@]3(OC(C)=O)[C@H]2[C@H](OC(=O)c2ccccc2)[C@]2(O)C[C@H](OC(=O)[C@H](O)[C@H](NC(=O)c3ccc(Cl)cc3)c3ccccc3)C(C)=C1C2(C)C. The van der Waals surface area contributed by atoms with E-state index >= 15 is 4.79 Å². The third-order valence-electron chi connectivity index (χ3n) is 13.6. The van der Waals surface area contributed by atoms with Gasteiger partial charge >= 0.3 is 23.9 Å². The molecule has 11 atom stereocenters. The average Bonchev–Trinajstić information content (AvgIpc) is 3.24. The molecule has 0 spiro atoms. The van der Waals surface area contributed by atoms with Gasteiger partial charge in [0.2, 0.25) is 0 Å². The predicted octanol–water partition coefficient (Wildman–Crippen LogP) is 4.39. The highest BCUT2D eigenvalue weighted by Crippen LogP contribution is 2.64. The van der Waals surface area contributed by atoms with E-state index in [1.807, 2.05) is 0 Å². The highest BCUT2D eigenvalue weighted by Gasteiger charge is 2.78. The number of carbonyl (C=O) groups excluding carboxylic acids is 6. The molecule has 0 aromatic heterocycles. The number of nitrogens with one attached hydrogen (secondary N) is 1. The van der Waals surface area contributed by atoms with Crippen molar-refractivity contribution in [2.24, 2.45) is 16.7 Å². The second kappa shape index (κ2) is 16.9. The van der Waals surface area contributed by atoms with Gasteiger partial charge in [0.25, 0.3) is 5.91 Å². The number of esters is 4. The standard InChI is InChI=1S/C47H50ClNO14/c1-24-31(61-43(57)36(53)35(27-13-9-7-10-14-27)49-41(55)28-17-19-30(48)20-18-28)22-47(58)40(62-42(56)29-15-11-8-12-16-29)38-45(6,32(52)21-33-46(38,23-59-33)63-26(3)51)39(54)37(60-25(2)50)34(24)44(47,4)5/h7-20,31-33,35-38,40,52-53,58H,21-23H2,1-6H3,(H,49,55)/t31-,32-,33?,35+,36+,37+,38-,40-,45+,46-,47+/m0/s1. The number of Topliss-reactive ketones (excluding diaryl/α,β-unsaturated/α-hetero) is 1. The lowest BCUT2D eigenvalue weighted by Crippen LogP contribution is -2.82. The minimum atomic E-state index is -2.40. The molecule has 0 radical (unpaired) electrons. The lowest BCUT2D eigenvalue weighted by Gasteiger charge is -2.67. The number of benzene rings is 3. The van der Waals surface area contributed by atoms with Crippen LogP contribution in [0.1, 0.15) is 86.7 Å². The summed E-state index contributed by atoms with van der Waals surface area (Å²) < 4.78 is 30.3. The minimum absolute atomic E-state index is 0.0134. The lowest BCUT2D eigenvalue weighted by molar-refractivity contribution is -0.346. The van der Waals surface area contributed by atoms with Crippen LogP contribution in [-0.4, -0.2) is 105 Å². The maximum absolute atomic E-state index is 15.5.